The van der Waals surface area contributed by atoms with E-state index < -0.39 is 32.5 Å². The Kier molecular flexibility index (Phi) is 27.3. The second-order valence-corrected chi connectivity index (χ2v) is 12.4. The molecule has 0 aliphatic heterocycles. The first-order valence-corrected chi connectivity index (χ1v) is 17.9. The molecule has 0 aliphatic rings. The summed E-state index contributed by atoms with van der Waals surface area (Å²) >= 11 is 0. The molecule has 10 nitrogen and oxygen atoms in total. The first-order valence-electron chi connectivity index (χ1n) is 16.4. The van der Waals surface area contributed by atoms with Gasteiger partial charge in [-0.3, -0.25) is 18.9 Å². The Labute approximate surface area is 255 Å². The molecule has 11 heteroatoms. The number of rotatable bonds is 30. The smallest absolute Gasteiger partial charge is 0.306 e. The predicted molar refractivity (Wildman–Crippen MR) is 163 cm³/mol. The SMILES string of the molecule is CCCCCCCCCCCC(=O)OC[C@H](COP(=O)([O-])OCCNC(C)=O)OC(=O)CCCCCCCCCCC. The number of ether oxygens (including phenoxy) is 2. The lowest BCUT2D eigenvalue weighted by Crippen LogP contribution is -2.30. The molecular formula is C31H59NO9P-. The van der Waals surface area contributed by atoms with Gasteiger partial charge in [0.1, 0.15) is 6.61 Å². The van der Waals surface area contributed by atoms with E-state index in [4.69, 9.17) is 18.5 Å². The van der Waals surface area contributed by atoms with Crippen molar-refractivity contribution in [2.45, 2.75) is 155 Å². The van der Waals surface area contributed by atoms with Crippen molar-refractivity contribution in [2.24, 2.45) is 0 Å². The van der Waals surface area contributed by atoms with Crippen LogP contribution in [0.25, 0.3) is 0 Å². The number of amides is 1. The van der Waals surface area contributed by atoms with Crippen LogP contribution in [0.1, 0.15) is 149 Å². The molecule has 0 fully saturated rings. The van der Waals surface area contributed by atoms with Gasteiger partial charge in [0.15, 0.2) is 6.10 Å². The van der Waals surface area contributed by atoms with Gasteiger partial charge < -0.3 is 28.7 Å². The molecule has 0 radical (unpaired) electrons. The summed E-state index contributed by atoms with van der Waals surface area (Å²) in [5.41, 5.74) is 0. The zero-order valence-electron chi connectivity index (χ0n) is 26.7. The minimum atomic E-state index is -4.71. The minimum Gasteiger partial charge on any atom is -0.756 e. The van der Waals surface area contributed by atoms with Crippen LogP contribution in [0.15, 0.2) is 0 Å². The van der Waals surface area contributed by atoms with E-state index in [1.165, 1.54) is 71.1 Å². The van der Waals surface area contributed by atoms with E-state index in [1.54, 1.807) is 0 Å². The van der Waals surface area contributed by atoms with Crippen molar-refractivity contribution in [3.05, 3.63) is 0 Å². The highest BCUT2D eigenvalue weighted by Crippen LogP contribution is 2.38. The third-order valence-corrected chi connectivity index (χ3v) is 7.81. The third kappa shape index (κ3) is 28.6. The fourth-order valence-electron chi connectivity index (χ4n) is 4.38. The Hall–Kier alpha value is -1.48. The van der Waals surface area contributed by atoms with E-state index in [2.05, 4.69) is 19.2 Å². The molecule has 0 aromatic rings. The molecule has 1 unspecified atom stereocenters. The van der Waals surface area contributed by atoms with Crippen molar-refractivity contribution in [1.29, 1.82) is 0 Å². The van der Waals surface area contributed by atoms with Crippen LogP contribution in [0.4, 0.5) is 0 Å². The van der Waals surface area contributed by atoms with Gasteiger partial charge in [-0.1, -0.05) is 117 Å². The number of carbonyl (C=O) groups excluding carboxylic acids is 3. The molecule has 0 heterocycles. The normalized spacial score (nSPS) is 13.3. The fourth-order valence-corrected chi connectivity index (χ4v) is 5.11. The van der Waals surface area contributed by atoms with E-state index in [1.807, 2.05) is 0 Å². The molecule has 1 amide bonds. The molecule has 1 N–H and O–H groups in total. The molecule has 2 atom stereocenters. The Morgan fingerprint density at radius 2 is 1.12 bits per heavy atom. The average Bonchev–Trinajstić information content (AvgIpc) is 2.95. The number of hydrogen-bond acceptors (Lipinski definition) is 9. The number of phosphoric ester groups is 1. The van der Waals surface area contributed by atoms with E-state index in [0.717, 1.165) is 38.5 Å². The molecule has 0 aromatic carbocycles. The molecule has 42 heavy (non-hydrogen) atoms. The number of unbranched alkanes of at least 4 members (excludes halogenated alkanes) is 16. The molecular weight excluding hydrogens is 561 g/mol. The molecule has 0 aliphatic carbocycles. The zero-order chi connectivity index (χ0) is 31.3. The summed E-state index contributed by atoms with van der Waals surface area (Å²) in [6.45, 7) is 4.57. The van der Waals surface area contributed by atoms with Crippen LogP contribution in [0, 0.1) is 0 Å². The van der Waals surface area contributed by atoms with Gasteiger partial charge in [0.25, 0.3) is 7.82 Å². The van der Waals surface area contributed by atoms with Crippen molar-refractivity contribution >= 4 is 25.7 Å². The van der Waals surface area contributed by atoms with Gasteiger partial charge in [-0.05, 0) is 12.8 Å². The van der Waals surface area contributed by atoms with Gasteiger partial charge in [0.2, 0.25) is 5.91 Å². The summed E-state index contributed by atoms with van der Waals surface area (Å²) in [5.74, 6) is -1.23. The van der Waals surface area contributed by atoms with E-state index in [9.17, 15) is 23.8 Å². The maximum Gasteiger partial charge on any atom is 0.306 e. The van der Waals surface area contributed by atoms with Crippen molar-refractivity contribution in [2.75, 3.05) is 26.4 Å². The monoisotopic (exact) mass is 620 g/mol. The van der Waals surface area contributed by atoms with E-state index >= 15 is 0 Å². The van der Waals surface area contributed by atoms with Crippen LogP contribution >= 0.6 is 7.82 Å². The maximum atomic E-state index is 12.4. The van der Waals surface area contributed by atoms with Crippen LogP contribution in [0.5, 0.6) is 0 Å². The van der Waals surface area contributed by atoms with Crippen LogP contribution in [0.2, 0.25) is 0 Å². The number of hydrogen-bond donors (Lipinski definition) is 1. The minimum absolute atomic E-state index is 0.00144. The van der Waals surface area contributed by atoms with Gasteiger partial charge in [0, 0.05) is 26.3 Å². The van der Waals surface area contributed by atoms with E-state index in [0.29, 0.717) is 12.8 Å². The first-order chi connectivity index (χ1) is 20.2. The lowest BCUT2D eigenvalue weighted by atomic mass is 10.1. The highest BCUT2D eigenvalue weighted by Gasteiger charge is 2.21. The van der Waals surface area contributed by atoms with Crippen molar-refractivity contribution in [3.8, 4) is 0 Å². The van der Waals surface area contributed by atoms with Crippen LogP contribution in [-0.2, 0) is 37.5 Å². The zero-order valence-corrected chi connectivity index (χ0v) is 27.6. The average molecular weight is 621 g/mol. The van der Waals surface area contributed by atoms with Gasteiger partial charge in [-0.2, -0.15) is 0 Å². The van der Waals surface area contributed by atoms with Gasteiger partial charge >= 0.3 is 11.9 Å². The lowest BCUT2D eigenvalue weighted by Gasteiger charge is -2.25. The van der Waals surface area contributed by atoms with Crippen LogP contribution in [0.3, 0.4) is 0 Å². The number of phosphoric acid groups is 1. The van der Waals surface area contributed by atoms with Crippen molar-refractivity contribution in [3.63, 3.8) is 0 Å². The molecule has 248 valence electrons. The Bertz CT molecular complexity index is 735. The highest BCUT2D eigenvalue weighted by molar-refractivity contribution is 7.45. The number of nitrogens with one attached hydrogen (secondary N) is 1. The first kappa shape index (κ1) is 40.5. The molecule has 0 saturated heterocycles. The molecule has 0 rings (SSSR count). The van der Waals surface area contributed by atoms with Gasteiger partial charge in [-0.25, -0.2) is 0 Å². The maximum absolute atomic E-state index is 12.4. The highest BCUT2D eigenvalue weighted by atomic mass is 31.2. The summed E-state index contributed by atoms with van der Waals surface area (Å²) in [4.78, 5) is 47.7. The Morgan fingerprint density at radius 3 is 1.60 bits per heavy atom. The third-order valence-electron chi connectivity index (χ3n) is 6.84. The lowest BCUT2D eigenvalue weighted by molar-refractivity contribution is -0.228. The summed E-state index contributed by atoms with van der Waals surface area (Å²) in [7, 11) is -4.71. The predicted octanol–water partition coefficient (Wildman–Crippen LogP) is 6.92. The Balaban J connectivity index is 4.48. The second-order valence-electron chi connectivity index (χ2n) is 11.0. The van der Waals surface area contributed by atoms with E-state index in [-0.39, 0.29) is 38.5 Å². The number of esters is 2. The molecule has 0 spiro atoms. The van der Waals surface area contributed by atoms with Crippen molar-refractivity contribution in [1.82, 2.24) is 5.32 Å². The largest absolute Gasteiger partial charge is 0.756 e. The standard InChI is InChI=1S/C31H60NO9P/c1-4-6-8-10-12-14-16-18-20-22-30(34)38-26-29(27-40-42(36,37)39-25-24-32-28(3)33)41-31(35)23-21-19-17-15-13-11-9-7-5-2/h29H,4-27H2,1-3H3,(H,32,33)(H,36,37)/p-1/t29-/m1/s1. The molecule has 0 bridgehead atoms. The summed E-state index contributed by atoms with van der Waals surface area (Å²) in [6, 6.07) is 0. The Morgan fingerprint density at radius 1 is 0.667 bits per heavy atom. The summed E-state index contributed by atoms with van der Waals surface area (Å²) in [6.07, 6.45) is 19.5. The quantitative estimate of drug-likeness (QED) is 0.0514. The second kappa shape index (κ2) is 28.3. The van der Waals surface area contributed by atoms with Crippen LogP contribution < -0.4 is 10.2 Å². The topological polar surface area (TPSA) is 140 Å². The summed E-state index contributed by atoms with van der Waals surface area (Å²) in [5, 5.41) is 2.42. The van der Waals surface area contributed by atoms with Crippen molar-refractivity contribution < 1.29 is 42.4 Å². The molecule has 0 saturated carbocycles. The van der Waals surface area contributed by atoms with Gasteiger partial charge in [-0.15, -0.1) is 0 Å². The molecule has 0 aromatic heterocycles. The van der Waals surface area contributed by atoms with Crippen LogP contribution in [-0.4, -0.2) is 50.3 Å². The fraction of sp³-hybridized carbons (Fsp3) is 0.903. The van der Waals surface area contributed by atoms with Gasteiger partial charge in [0.05, 0.1) is 13.2 Å². The summed E-state index contributed by atoms with van der Waals surface area (Å²) < 4.78 is 32.4. The number of carbonyl (C=O) groups is 3.